The summed E-state index contributed by atoms with van der Waals surface area (Å²) in [5, 5.41) is 20.2. The Morgan fingerprint density at radius 2 is 2.15 bits per heavy atom. The monoisotopic (exact) mass is 359 g/mol. The summed E-state index contributed by atoms with van der Waals surface area (Å²) in [5.74, 6) is -0.398. The van der Waals surface area contributed by atoms with Gasteiger partial charge in [0, 0.05) is 17.8 Å². The molecule has 3 rings (SSSR count). The third kappa shape index (κ3) is 2.96. The van der Waals surface area contributed by atoms with E-state index in [1.807, 2.05) is 0 Å². The van der Waals surface area contributed by atoms with Crippen molar-refractivity contribution in [1.29, 1.82) is 0 Å². The molecule has 0 aliphatic carbocycles. The summed E-state index contributed by atoms with van der Waals surface area (Å²) in [5.41, 5.74) is 0.356. The predicted octanol–water partition coefficient (Wildman–Crippen LogP) is 1.72. The van der Waals surface area contributed by atoms with Crippen LogP contribution in [0.25, 0.3) is 0 Å². The number of rotatable bonds is 4. The Bertz CT molecular complexity index is 971. The molecule has 0 saturated heterocycles. The standard InChI is InChI=1S/C16H17N5O5/c1-8(2)26-14(22)12-9(3)17-15-18-19-16(23)20(15)13(12)10-5-4-6-11(7-10)21(24)25/h4-8,13H,1-3H3,(H,17,18)(H,19,23). The molecule has 1 atom stereocenters. The third-order valence-corrected chi connectivity index (χ3v) is 3.90. The smallest absolute Gasteiger partial charge is 0.345 e. The van der Waals surface area contributed by atoms with Gasteiger partial charge in [0.1, 0.15) is 6.04 Å². The minimum absolute atomic E-state index is 0.145. The summed E-state index contributed by atoms with van der Waals surface area (Å²) in [6, 6.07) is 4.88. The van der Waals surface area contributed by atoms with Crippen molar-refractivity contribution in [3.8, 4) is 0 Å². The zero-order valence-electron chi connectivity index (χ0n) is 14.3. The number of nitrogens with zero attached hydrogens (tertiary/aromatic N) is 3. The van der Waals surface area contributed by atoms with Crippen molar-refractivity contribution in [3.05, 3.63) is 61.7 Å². The fraction of sp³-hybridized carbons (Fsp3) is 0.312. The van der Waals surface area contributed by atoms with E-state index in [-0.39, 0.29) is 23.3 Å². The van der Waals surface area contributed by atoms with Crippen LogP contribution in [0.3, 0.4) is 0 Å². The van der Waals surface area contributed by atoms with Crippen LogP contribution < -0.4 is 11.0 Å². The average Bonchev–Trinajstić information content (AvgIpc) is 2.93. The van der Waals surface area contributed by atoms with Crippen LogP contribution >= 0.6 is 0 Å². The van der Waals surface area contributed by atoms with Crippen molar-refractivity contribution in [2.45, 2.75) is 32.9 Å². The van der Waals surface area contributed by atoms with Crippen LogP contribution in [0.2, 0.25) is 0 Å². The highest BCUT2D eigenvalue weighted by Gasteiger charge is 2.36. The molecule has 26 heavy (non-hydrogen) atoms. The number of nitrogens with one attached hydrogen (secondary N) is 2. The Morgan fingerprint density at radius 3 is 2.81 bits per heavy atom. The summed E-state index contributed by atoms with van der Waals surface area (Å²) in [6.45, 7) is 5.08. The molecule has 10 nitrogen and oxygen atoms in total. The topological polar surface area (TPSA) is 132 Å². The molecule has 1 unspecified atom stereocenters. The number of nitro groups is 1. The van der Waals surface area contributed by atoms with Crippen molar-refractivity contribution >= 4 is 17.6 Å². The number of nitro benzene ring substituents is 1. The van der Waals surface area contributed by atoms with Gasteiger partial charge in [-0.1, -0.05) is 12.1 Å². The third-order valence-electron chi connectivity index (χ3n) is 3.90. The highest BCUT2D eigenvalue weighted by Crippen LogP contribution is 2.35. The second-order valence-corrected chi connectivity index (χ2v) is 6.09. The van der Waals surface area contributed by atoms with Gasteiger partial charge in [-0.15, -0.1) is 5.10 Å². The summed E-state index contributed by atoms with van der Waals surface area (Å²) >= 11 is 0. The molecule has 136 valence electrons. The van der Waals surface area contributed by atoms with Crippen LogP contribution in [0.4, 0.5) is 11.6 Å². The molecule has 2 heterocycles. The maximum atomic E-state index is 12.7. The number of esters is 1. The van der Waals surface area contributed by atoms with Gasteiger partial charge in [-0.2, -0.15) is 0 Å². The van der Waals surface area contributed by atoms with Gasteiger partial charge in [-0.25, -0.2) is 19.3 Å². The average molecular weight is 359 g/mol. The predicted molar refractivity (Wildman–Crippen MR) is 91.6 cm³/mol. The fourth-order valence-electron chi connectivity index (χ4n) is 2.87. The number of fused-ring (bicyclic) bond motifs is 1. The summed E-state index contributed by atoms with van der Waals surface area (Å²) in [6.07, 6.45) is -0.365. The van der Waals surface area contributed by atoms with Gasteiger partial charge in [-0.05, 0) is 26.3 Å². The maximum Gasteiger partial charge on any atom is 0.345 e. The first kappa shape index (κ1) is 17.4. The Hall–Kier alpha value is -3.43. The Kier molecular flexibility index (Phi) is 4.33. The number of hydrogen-bond acceptors (Lipinski definition) is 7. The van der Waals surface area contributed by atoms with Crippen LogP contribution in [0.1, 0.15) is 32.4 Å². The molecule has 0 fully saturated rings. The van der Waals surface area contributed by atoms with Crippen LogP contribution in [-0.4, -0.2) is 31.8 Å². The number of carbonyl (C=O) groups excluding carboxylic acids is 1. The maximum absolute atomic E-state index is 12.7. The molecule has 2 N–H and O–H groups in total. The molecule has 1 aromatic heterocycles. The number of aromatic amines is 1. The van der Waals surface area contributed by atoms with Gasteiger partial charge < -0.3 is 10.1 Å². The Morgan fingerprint density at radius 1 is 1.42 bits per heavy atom. The molecule has 10 heteroatoms. The highest BCUT2D eigenvalue weighted by molar-refractivity contribution is 5.92. The van der Waals surface area contributed by atoms with Crippen molar-refractivity contribution < 1.29 is 14.5 Å². The number of non-ortho nitro benzene ring substituents is 1. The van der Waals surface area contributed by atoms with E-state index in [9.17, 15) is 19.7 Å². The van der Waals surface area contributed by atoms with Crippen LogP contribution in [-0.2, 0) is 9.53 Å². The van der Waals surface area contributed by atoms with Gasteiger partial charge in [0.2, 0.25) is 5.95 Å². The van der Waals surface area contributed by atoms with Crippen LogP contribution in [0.15, 0.2) is 40.3 Å². The van der Waals surface area contributed by atoms with Crippen molar-refractivity contribution in [2.24, 2.45) is 0 Å². The first-order chi connectivity index (χ1) is 12.3. The lowest BCUT2D eigenvalue weighted by Crippen LogP contribution is -2.34. The number of ether oxygens (including phenoxy) is 1. The second kappa shape index (κ2) is 6.47. The number of benzene rings is 1. The lowest BCUT2D eigenvalue weighted by Gasteiger charge is -2.28. The summed E-state index contributed by atoms with van der Waals surface area (Å²) < 4.78 is 6.54. The van der Waals surface area contributed by atoms with Crippen LogP contribution in [0, 0.1) is 10.1 Å². The minimum atomic E-state index is -0.899. The number of H-pyrrole nitrogens is 1. The van der Waals surface area contributed by atoms with Crippen LogP contribution in [0.5, 0.6) is 0 Å². The normalized spacial score (nSPS) is 16.2. The number of carbonyl (C=O) groups is 1. The van der Waals surface area contributed by atoms with E-state index in [0.29, 0.717) is 11.3 Å². The van der Waals surface area contributed by atoms with E-state index in [1.165, 1.54) is 22.8 Å². The zero-order valence-corrected chi connectivity index (χ0v) is 14.3. The molecule has 2 aromatic rings. The first-order valence-corrected chi connectivity index (χ1v) is 7.89. The Labute approximate surface area is 147 Å². The molecule has 0 amide bonds. The van der Waals surface area contributed by atoms with E-state index in [4.69, 9.17) is 4.74 Å². The van der Waals surface area contributed by atoms with E-state index in [2.05, 4.69) is 15.5 Å². The van der Waals surface area contributed by atoms with Crippen molar-refractivity contribution in [3.63, 3.8) is 0 Å². The van der Waals surface area contributed by atoms with Gasteiger partial charge in [0.25, 0.3) is 5.69 Å². The second-order valence-electron chi connectivity index (χ2n) is 6.09. The number of aromatic nitrogens is 3. The molecule has 0 saturated carbocycles. The lowest BCUT2D eigenvalue weighted by atomic mass is 9.95. The number of allylic oxidation sites excluding steroid dienone is 1. The van der Waals surface area contributed by atoms with Gasteiger partial charge in [-0.3, -0.25) is 10.1 Å². The number of anilines is 1. The SMILES string of the molecule is CC1=C(C(=O)OC(C)C)C(c2cccc([N+](=O)[O-])c2)n2c(n[nH]c2=O)N1. The summed E-state index contributed by atoms with van der Waals surface area (Å²) in [7, 11) is 0. The fourth-order valence-corrected chi connectivity index (χ4v) is 2.87. The zero-order chi connectivity index (χ0) is 19.0. The molecule has 0 spiro atoms. The van der Waals surface area contributed by atoms with Gasteiger partial charge >= 0.3 is 11.7 Å². The minimum Gasteiger partial charge on any atom is -0.459 e. The molecule has 1 aliphatic rings. The van der Waals surface area contributed by atoms with Crippen molar-refractivity contribution in [1.82, 2.24) is 14.8 Å². The molecule has 1 aliphatic heterocycles. The molecule has 1 aromatic carbocycles. The summed E-state index contributed by atoms with van der Waals surface area (Å²) in [4.78, 5) is 35.5. The lowest BCUT2D eigenvalue weighted by molar-refractivity contribution is -0.384. The Balaban J connectivity index is 2.21. The van der Waals surface area contributed by atoms with E-state index in [0.717, 1.165) is 0 Å². The van der Waals surface area contributed by atoms with E-state index < -0.39 is 22.6 Å². The first-order valence-electron chi connectivity index (χ1n) is 7.89. The van der Waals surface area contributed by atoms with E-state index >= 15 is 0 Å². The molecule has 0 bridgehead atoms. The molecule has 0 radical (unpaired) electrons. The molecular weight excluding hydrogens is 342 g/mol. The quantitative estimate of drug-likeness (QED) is 0.482. The van der Waals surface area contributed by atoms with Gasteiger partial charge in [0.15, 0.2) is 0 Å². The van der Waals surface area contributed by atoms with Crippen molar-refractivity contribution in [2.75, 3.05) is 5.32 Å². The molecular formula is C16H17N5O5. The van der Waals surface area contributed by atoms with Gasteiger partial charge in [0.05, 0.1) is 16.6 Å². The highest BCUT2D eigenvalue weighted by atomic mass is 16.6. The largest absolute Gasteiger partial charge is 0.459 e. The number of hydrogen-bond donors (Lipinski definition) is 2. The van der Waals surface area contributed by atoms with E-state index in [1.54, 1.807) is 26.8 Å².